The summed E-state index contributed by atoms with van der Waals surface area (Å²) in [6, 6.07) is 14.0. The van der Waals surface area contributed by atoms with Gasteiger partial charge in [0.25, 0.3) is 0 Å². The maximum absolute atomic E-state index is 4.58. The van der Waals surface area contributed by atoms with Gasteiger partial charge in [0.2, 0.25) is 0 Å². The third-order valence-electron chi connectivity index (χ3n) is 3.13. The van der Waals surface area contributed by atoms with E-state index in [0.717, 1.165) is 22.6 Å². The summed E-state index contributed by atoms with van der Waals surface area (Å²) in [5.41, 5.74) is 3.10. The lowest BCUT2D eigenvalue weighted by Crippen LogP contribution is -1.90. The number of pyridine rings is 1. The summed E-state index contributed by atoms with van der Waals surface area (Å²) in [4.78, 5) is 8.82. The number of nitrogens with zero attached hydrogens (tertiary/aromatic N) is 3. The Morgan fingerprint density at radius 1 is 0.950 bits per heavy atom. The number of aromatic nitrogens is 3. The van der Waals surface area contributed by atoms with Crippen LogP contribution in [0.3, 0.4) is 0 Å². The fourth-order valence-corrected chi connectivity index (χ4v) is 2.08. The van der Waals surface area contributed by atoms with E-state index in [1.165, 1.54) is 0 Å². The molecule has 3 heteroatoms. The van der Waals surface area contributed by atoms with Crippen LogP contribution in [0, 0.1) is 0 Å². The maximum atomic E-state index is 4.58. The van der Waals surface area contributed by atoms with E-state index in [0.29, 0.717) is 0 Å². The number of imidazole rings is 1. The van der Waals surface area contributed by atoms with Crippen molar-refractivity contribution in [1.82, 2.24) is 14.5 Å². The Hall–Kier alpha value is -2.68. The highest BCUT2D eigenvalue weighted by Gasteiger charge is 2.02. The van der Waals surface area contributed by atoms with Crippen LogP contribution in [-0.4, -0.2) is 14.5 Å². The number of fused-ring (bicyclic) bond motifs is 1. The van der Waals surface area contributed by atoms with Gasteiger partial charge >= 0.3 is 0 Å². The van der Waals surface area contributed by atoms with Crippen molar-refractivity contribution in [3.63, 3.8) is 0 Å². The Morgan fingerprint density at radius 3 is 2.55 bits per heavy atom. The van der Waals surface area contributed by atoms with Crippen LogP contribution in [0.2, 0.25) is 0 Å². The van der Waals surface area contributed by atoms with Crippen molar-refractivity contribution in [2.24, 2.45) is 7.05 Å². The molecule has 3 aromatic rings. The molecule has 0 spiro atoms. The van der Waals surface area contributed by atoms with Gasteiger partial charge in [0.15, 0.2) is 0 Å². The molecule has 0 atom stereocenters. The second-order valence-electron chi connectivity index (χ2n) is 4.49. The fourth-order valence-electron chi connectivity index (χ4n) is 2.08. The lowest BCUT2D eigenvalue weighted by molar-refractivity contribution is 0.930. The normalized spacial score (nSPS) is 11.8. The number of hydrogen-bond donors (Lipinski definition) is 0. The molecule has 2 heterocycles. The summed E-state index contributed by atoms with van der Waals surface area (Å²) in [5, 5.41) is 0. The summed E-state index contributed by atoms with van der Waals surface area (Å²) in [6.07, 6.45) is 9.71. The minimum Gasteiger partial charge on any atom is -0.328 e. The van der Waals surface area contributed by atoms with Crippen molar-refractivity contribution in [2.45, 2.75) is 0 Å². The Morgan fingerprint density at radius 2 is 1.75 bits per heavy atom. The van der Waals surface area contributed by atoms with Gasteiger partial charge in [-0.15, -0.1) is 0 Å². The fraction of sp³-hybridized carbons (Fsp3) is 0.0588. The predicted octanol–water partition coefficient (Wildman–Crippen LogP) is 3.69. The van der Waals surface area contributed by atoms with E-state index in [2.05, 4.69) is 20.6 Å². The molecule has 0 bridgehead atoms. The minimum atomic E-state index is 0.942. The molecule has 20 heavy (non-hydrogen) atoms. The molecule has 0 radical (unpaired) electrons. The number of para-hydroxylation sites is 2. The van der Waals surface area contributed by atoms with E-state index in [4.69, 9.17) is 0 Å². The Balaban J connectivity index is 1.81. The number of aryl methyl sites for hydroxylation is 1. The zero-order chi connectivity index (χ0) is 13.8. The van der Waals surface area contributed by atoms with Gasteiger partial charge in [0.05, 0.1) is 16.7 Å². The van der Waals surface area contributed by atoms with Gasteiger partial charge in [0.1, 0.15) is 5.82 Å². The molecule has 1 aromatic carbocycles. The largest absolute Gasteiger partial charge is 0.328 e. The standard InChI is InChI=1S/C17H15N3/c1-20-16-11-4-3-10-15(16)19-17(20)12-5-2-8-14-9-6-7-13-18-14/h2-13H,1H3/b8-2+,12-5+. The van der Waals surface area contributed by atoms with Gasteiger partial charge in [-0.1, -0.05) is 30.4 Å². The van der Waals surface area contributed by atoms with E-state index in [9.17, 15) is 0 Å². The monoisotopic (exact) mass is 261 g/mol. The van der Waals surface area contributed by atoms with Crippen LogP contribution in [0.1, 0.15) is 11.5 Å². The van der Waals surface area contributed by atoms with Gasteiger partial charge < -0.3 is 4.57 Å². The van der Waals surface area contributed by atoms with Gasteiger partial charge in [-0.25, -0.2) is 4.98 Å². The van der Waals surface area contributed by atoms with E-state index < -0.39 is 0 Å². The molecule has 0 unspecified atom stereocenters. The summed E-state index contributed by atoms with van der Waals surface area (Å²) in [7, 11) is 2.03. The molecule has 0 aliphatic heterocycles. The minimum absolute atomic E-state index is 0.942. The number of hydrogen-bond acceptors (Lipinski definition) is 2. The summed E-state index contributed by atoms with van der Waals surface area (Å²) in [6.45, 7) is 0. The van der Waals surface area contributed by atoms with E-state index >= 15 is 0 Å². The first-order valence-corrected chi connectivity index (χ1v) is 6.52. The van der Waals surface area contributed by atoms with Crippen LogP contribution >= 0.6 is 0 Å². The van der Waals surface area contributed by atoms with E-state index in [1.54, 1.807) is 6.20 Å². The first-order chi connectivity index (χ1) is 9.84. The predicted molar refractivity (Wildman–Crippen MR) is 83.0 cm³/mol. The van der Waals surface area contributed by atoms with Gasteiger partial charge in [-0.2, -0.15) is 0 Å². The van der Waals surface area contributed by atoms with E-state index in [1.807, 2.05) is 67.7 Å². The average Bonchev–Trinajstić information content (AvgIpc) is 2.82. The van der Waals surface area contributed by atoms with Crippen LogP contribution in [0.5, 0.6) is 0 Å². The summed E-state index contributed by atoms with van der Waals surface area (Å²) >= 11 is 0. The highest BCUT2D eigenvalue weighted by atomic mass is 15.0. The zero-order valence-corrected chi connectivity index (χ0v) is 11.3. The molecule has 0 aliphatic rings. The average molecular weight is 261 g/mol. The van der Waals surface area contributed by atoms with E-state index in [-0.39, 0.29) is 0 Å². The van der Waals surface area contributed by atoms with Crippen LogP contribution in [0.4, 0.5) is 0 Å². The molecule has 0 fully saturated rings. The summed E-state index contributed by atoms with van der Waals surface area (Å²) in [5.74, 6) is 0.942. The molecule has 98 valence electrons. The molecule has 0 saturated carbocycles. The Bertz CT molecular complexity index is 767. The second-order valence-corrected chi connectivity index (χ2v) is 4.49. The Kier molecular flexibility index (Phi) is 3.42. The quantitative estimate of drug-likeness (QED) is 0.673. The van der Waals surface area contributed by atoms with Crippen LogP contribution in [-0.2, 0) is 7.05 Å². The van der Waals surface area contributed by atoms with Crippen LogP contribution in [0.15, 0.2) is 60.8 Å². The molecule has 3 rings (SSSR count). The molecule has 0 N–H and O–H groups in total. The van der Waals surface area contributed by atoms with Crippen molar-refractivity contribution in [2.75, 3.05) is 0 Å². The van der Waals surface area contributed by atoms with Crippen molar-refractivity contribution >= 4 is 23.2 Å². The second kappa shape index (κ2) is 5.53. The Labute approximate surface area is 117 Å². The van der Waals surface area contributed by atoms with Crippen molar-refractivity contribution in [3.05, 3.63) is 72.3 Å². The molecular formula is C17H15N3. The zero-order valence-electron chi connectivity index (χ0n) is 11.3. The SMILES string of the molecule is Cn1c(/C=C/C=C/c2ccccn2)nc2ccccc21. The van der Waals surface area contributed by atoms with Gasteiger partial charge in [0, 0.05) is 13.2 Å². The number of benzene rings is 1. The lowest BCUT2D eigenvalue weighted by Gasteiger charge is -1.95. The number of rotatable bonds is 3. The third-order valence-corrected chi connectivity index (χ3v) is 3.13. The first kappa shape index (κ1) is 12.4. The highest BCUT2D eigenvalue weighted by Crippen LogP contribution is 2.15. The third kappa shape index (κ3) is 2.52. The van der Waals surface area contributed by atoms with Crippen molar-refractivity contribution in [1.29, 1.82) is 0 Å². The lowest BCUT2D eigenvalue weighted by atomic mass is 10.3. The van der Waals surface area contributed by atoms with Gasteiger partial charge in [-0.05, 0) is 36.4 Å². The molecule has 0 amide bonds. The summed E-state index contributed by atoms with van der Waals surface area (Å²) < 4.78 is 2.08. The molecule has 2 aromatic heterocycles. The van der Waals surface area contributed by atoms with Crippen molar-refractivity contribution < 1.29 is 0 Å². The number of allylic oxidation sites excluding steroid dienone is 2. The molecule has 0 aliphatic carbocycles. The first-order valence-electron chi connectivity index (χ1n) is 6.52. The van der Waals surface area contributed by atoms with Crippen LogP contribution in [0.25, 0.3) is 23.2 Å². The smallest absolute Gasteiger partial charge is 0.133 e. The highest BCUT2D eigenvalue weighted by molar-refractivity contribution is 5.77. The van der Waals surface area contributed by atoms with Gasteiger partial charge in [-0.3, -0.25) is 4.98 Å². The van der Waals surface area contributed by atoms with Crippen molar-refractivity contribution in [3.8, 4) is 0 Å². The maximum Gasteiger partial charge on any atom is 0.133 e. The topological polar surface area (TPSA) is 30.7 Å². The molecular weight excluding hydrogens is 246 g/mol. The molecule has 3 nitrogen and oxygen atoms in total. The molecule has 0 saturated heterocycles. The van der Waals surface area contributed by atoms with Crippen LogP contribution < -0.4 is 0 Å².